The SMILES string of the molecule is CC#CCN1c2ccccc2NCC1C. The maximum atomic E-state index is 3.43. The Morgan fingerprint density at radius 2 is 2.27 bits per heavy atom. The van der Waals surface area contributed by atoms with Gasteiger partial charge in [-0.2, -0.15) is 0 Å². The molecule has 15 heavy (non-hydrogen) atoms. The Morgan fingerprint density at radius 3 is 3.07 bits per heavy atom. The third kappa shape index (κ3) is 1.92. The number of fused-ring (bicyclic) bond motifs is 1. The van der Waals surface area contributed by atoms with Crippen molar-refractivity contribution in [2.75, 3.05) is 23.3 Å². The molecule has 0 saturated heterocycles. The quantitative estimate of drug-likeness (QED) is 0.700. The van der Waals surface area contributed by atoms with E-state index in [-0.39, 0.29) is 0 Å². The molecular formula is C13H16N2. The van der Waals surface area contributed by atoms with Crippen LogP contribution in [0, 0.1) is 11.8 Å². The molecule has 2 nitrogen and oxygen atoms in total. The van der Waals surface area contributed by atoms with E-state index < -0.39 is 0 Å². The van der Waals surface area contributed by atoms with E-state index in [2.05, 4.69) is 53.2 Å². The van der Waals surface area contributed by atoms with Gasteiger partial charge in [-0.1, -0.05) is 18.1 Å². The van der Waals surface area contributed by atoms with Crippen LogP contribution in [0.4, 0.5) is 11.4 Å². The molecule has 2 rings (SSSR count). The van der Waals surface area contributed by atoms with Gasteiger partial charge in [-0.15, -0.1) is 5.92 Å². The molecule has 1 N–H and O–H groups in total. The van der Waals surface area contributed by atoms with E-state index in [9.17, 15) is 0 Å². The van der Waals surface area contributed by atoms with E-state index in [0.717, 1.165) is 13.1 Å². The summed E-state index contributed by atoms with van der Waals surface area (Å²) in [6.07, 6.45) is 0. The number of nitrogens with zero attached hydrogens (tertiary/aromatic N) is 1. The molecule has 0 bridgehead atoms. The van der Waals surface area contributed by atoms with Gasteiger partial charge in [-0.05, 0) is 26.0 Å². The van der Waals surface area contributed by atoms with Crippen molar-refractivity contribution in [2.24, 2.45) is 0 Å². The molecule has 0 radical (unpaired) electrons. The fourth-order valence-corrected chi connectivity index (χ4v) is 1.88. The highest BCUT2D eigenvalue weighted by atomic mass is 15.2. The van der Waals surface area contributed by atoms with Gasteiger partial charge in [0, 0.05) is 12.6 Å². The number of rotatable bonds is 1. The summed E-state index contributed by atoms with van der Waals surface area (Å²) in [6, 6.07) is 8.90. The molecule has 78 valence electrons. The molecule has 1 aliphatic rings. The third-order valence-electron chi connectivity index (χ3n) is 2.76. The van der Waals surface area contributed by atoms with Gasteiger partial charge >= 0.3 is 0 Å². The lowest BCUT2D eigenvalue weighted by molar-refractivity contribution is 0.678. The summed E-state index contributed by atoms with van der Waals surface area (Å²) in [7, 11) is 0. The molecule has 0 aromatic heterocycles. The normalized spacial score (nSPS) is 18.5. The number of hydrogen-bond donors (Lipinski definition) is 1. The smallest absolute Gasteiger partial charge is 0.0798 e. The van der Waals surface area contributed by atoms with E-state index >= 15 is 0 Å². The summed E-state index contributed by atoms with van der Waals surface area (Å²) in [6.45, 7) is 5.91. The summed E-state index contributed by atoms with van der Waals surface area (Å²) >= 11 is 0. The Morgan fingerprint density at radius 1 is 1.47 bits per heavy atom. The fourth-order valence-electron chi connectivity index (χ4n) is 1.88. The van der Waals surface area contributed by atoms with Crippen molar-refractivity contribution < 1.29 is 0 Å². The number of benzene rings is 1. The highest BCUT2D eigenvalue weighted by Crippen LogP contribution is 2.30. The van der Waals surface area contributed by atoms with Crippen LogP contribution in [0.2, 0.25) is 0 Å². The van der Waals surface area contributed by atoms with E-state index in [1.165, 1.54) is 11.4 Å². The van der Waals surface area contributed by atoms with Crippen LogP contribution in [0.3, 0.4) is 0 Å². The molecule has 1 atom stereocenters. The topological polar surface area (TPSA) is 15.3 Å². The average Bonchev–Trinajstić information content (AvgIpc) is 2.28. The van der Waals surface area contributed by atoms with Crippen molar-refractivity contribution in [3.05, 3.63) is 24.3 Å². The van der Waals surface area contributed by atoms with Crippen LogP contribution in [0.15, 0.2) is 24.3 Å². The summed E-state index contributed by atoms with van der Waals surface area (Å²) in [5.41, 5.74) is 2.48. The first kappa shape index (κ1) is 9.92. The lowest BCUT2D eigenvalue weighted by Crippen LogP contribution is -2.42. The van der Waals surface area contributed by atoms with E-state index in [1.54, 1.807) is 0 Å². The molecule has 2 heteroatoms. The summed E-state index contributed by atoms with van der Waals surface area (Å²) in [5, 5.41) is 3.43. The van der Waals surface area contributed by atoms with Gasteiger partial charge in [0.15, 0.2) is 0 Å². The first-order valence-electron chi connectivity index (χ1n) is 5.32. The number of hydrogen-bond acceptors (Lipinski definition) is 2. The fraction of sp³-hybridized carbons (Fsp3) is 0.385. The van der Waals surface area contributed by atoms with Gasteiger partial charge < -0.3 is 10.2 Å². The minimum absolute atomic E-state index is 0.501. The lowest BCUT2D eigenvalue weighted by atomic mass is 10.1. The Labute approximate surface area is 91.3 Å². The minimum atomic E-state index is 0.501. The molecule has 1 aromatic carbocycles. The van der Waals surface area contributed by atoms with E-state index in [0.29, 0.717) is 6.04 Å². The molecule has 1 aliphatic heterocycles. The Hall–Kier alpha value is -1.62. The van der Waals surface area contributed by atoms with Crippen molar-refractivity contribution in [2.45, 2.75) is 19.9 Å². The molecule has 0 saturated carbocycles. The first-order valence-corrected chi connectivity index (χ1v) is 5.32. The van der Waals surface area contributed by atoms with E-state index in [1.807, 2.05) is 6.92 Å². The minimum Gasteiger partial charge on any atom is -0.381 e. The lowest BCUT2D eigenvalue weighted by Gasteiger charge is -2.36. The highest BCUT2D eigenvalue weighted by molar-refractivity contribution is 5.72. The maximum Gasteiger partial charge on any atom is 0.0798 e. The van der Waals surface area contributed by atoms with Gasteiger partial charge in [-0.25, -0.2) is 0 Å². The highest BCUT2D eigenvalue weighted by Gasteiger charge is 2.20. The Balaban J connectivity index is 2.31. The van der Waals surface area contributed by atoms with Gasteiger partial charge in [0.05, 0.1) is 17.9 Å². The standard InChI is InChI=1S/C13H16N2/c1-3-4-9-15-11(2)10-14-12-7-5-6-8-13(12)15/h5-8,11,14H,9-10H2,1-2H3. The predicted molar refractivity (Wildman–Crippen MR) is 65.2 cm³/mol. The monoisotopic (exact) mass is 200 g/mol. The predicted octanol–water partition coefficient (Wildman–Crippen LogP) is 2.33. The van der Waals surface area contributed by atoms with Crippen LogP contribution < -0.4 is 10.2 Å². The van der Waals surface area contributed by atoms with Crippen LogP contribution in [0.25, 0.3) is 0 Å². The molecule has 0 amide bonds. The van der Waals surface area contributed by atoms with Crippen molar-refractivity contribution >= 4 is 11.4 Å². The summed E-state index contributed by atoms with van der Waals surface area (Å²) in [4.78, 5) is 2.35. The van der Waals surface area contributed by atoms with Crippen molar-refractivity contribution in [3.63, 3.8) is 0 Å². The number of anilines is 2. The van der Waals surface area contributed by atoms with Crippen molar-refractivity contribution in [1.29, 1.82) is 0 Å². The summed E-state index contributed by atoms with van der Waals surface area (Å²) < 4.78 is 0. The zero-order valence-electron chi connectivity index (χ0n) is 9.25. The first-order chi connectivity index (χ1) is 7.33. The Kier molecular flexibility index (Phi) is 2.82. The van der Waals surface area contributed by atoms with E-state index in [4.69, 9.17) is 0 Å². The maximum absolute atomic E-state index is 3.43. The molecule has 0 fully saturated rings. The molecule has 0 aliphatic carbocycles. The molecule has 0 spiro atoms. The molecule has 1 unspecified atom stereocenters. The van der Waals surface area contributed by atoms with Gasteiger partial charge in [0.1, 0.15) is 0 Å². The van der Waals surface area contributed by atoms with Gasteiger partial charge in [0.25, 0.3) is 0 Å². The van der Waals surface area contributed by atoms with Gasteiger partial charge in [0.2, 0.25) is 0 Å². The van der Waals surface area contributed by atoms with Crippen molar-refractivity contribution in [1.82, 2.24) is 0 Å². The van der Waals surface area contributed by atoms with Gasteiger partial charge in [-0.3, -0.25) is 0 Å². The van der Waals surface area contributed by atoms with Crippen molar-refractivity contribution in [3.8, 4) is 11.8 Å². The number of nitrogens with one attached hydrogen (secondary N) is 1. The van der Waals surface area contributed by atoms with Crippen LogP contribution in [0.1, 0.15) is 13.8 Å². The number of para-hydroxylation sites is 2. The second-order valence-electron chi connectivity index (χ2n) is 3.80. The zero-order chi connectivity index (χ0) is 10.7. The van der Waals surface area contributed by atoms with Crippen LogP contribution >= 0.6 is 0 Å². The van der Waals surface area contributed by atoms with Crippen LogP contribution in [0.5, 0.6) is 0 Å². The second-order valence-corrected chi connectivity index (χ2v) is 3.80. The molecule has 1 aromatic rings. The second kappa shape index (κ2) is 4.27. The largest absolute Gasteiger partial charge is 0.381 e. The zero-order valence-corrected chi connectivity index (χ0v) is 9.25. The molecular weight excluding hydrogens is 184 g/mol. The summed E-state index contributed by atoms with van der Waals surface area (Å²) in [5.74, 6) is 6.09. The third-order valence-corrected chi connectivity index (χ3v) is 2.76. The Bertz CT molecular complexity index is 400. The van der Waals surface area contributed by atoms with Crippen LogP contribution in [-0.4, -0.2) is 19.1 Å². The average molecular weight is 200 g/mol. The van der Waals surface area contributed by atoms with Crippen LogP contribution in [-0.2, 0) is 0 Å². The molecule has 1 heterocycles.